The number of amides is 2. The summed E-state index contributed by atoms with van der Waals surface area (Å²) in [4.78, 5) is 30.3. The van der Waals surface area contributed by atoms with Gasteiger partial charge >= 0.3 is 0 Å². The number of nitrogens with zero attached hydrogens (tertiary/aromatic N) is 2. The fourth-order valence-electron chi connectivity index (χ4n) is 3.32. The first kappa shape index (κ1) is 20.2. The second-order valence-electron chi connectivity index (χ2n) is 6.98. The van der Waals surface area contributed by atoms with Crippen LogP contribution in [0.5, 0.6) is 0 Å². The van der Waals surface area contributed by atoms with Gasteiger partial charge in [0.05, 0.1) is 16.3 Å². The molecule has 2 amide bonds. The Balaban J connectivity index is 1.59. The van der Waals surface area contributed by atoms with E-state index >= 15 is 0 Å². The number of fused-ring (bicyclic) bond motifs is 1. The number of carbonyl (C=O) groups is 2. The van der Waals surface area contributed by atoms with Gasteiger partial charge in [0.25, 0.3) is 11.8 Å². The number of anilines is 1. The smallest absolute Gasteiger partial charge is 0.267 e. The Bertz CT molecular complexity index is 1090. The fourth-order valence-corrected chi connectivity index (χ4v) is 5.01. The van der Waals surface area contributed by atoms with E-state index in [1.807, 2.05) is 11.9 Å². The molecule has 0 aliphatic carbocycles. The zero-order valence-corrected chi connectivity index (χ0v) is 18.1. The highest BCUT2D eigenvalue weighted by Gasteiger charge is 2.24. The van der Waals surface area contributed by atoms with Crippen LogP contribution in [0.1, 0.15) is 20.0 Å². The Kier molecular flexibility index (Phi) is 5.79. The maximum absolute atomic E-state index is 13.0. The largest absolute Gasteiger partial charge is 0.336 e. The third-order valence-corrected chi connectivity index (χ3v) is 6.88. The van der Waals surface area contributed by atoms with Gasteiger partial charge in [-0.2, -0.15) is 0 Å². The minimum atomic E-state index is -0.342. The molecule has 3 aromatic rings. The highest BCUT2D eigenvalue weighted by molar-refractivity contribution is 7.21. The van der Waals surface area contributed by atoms with E-state index in [1.54, 1.807) is 42.5 Å². The van der Waals surface area contributed by atoms with E-state index in [-0.39, 0.29) is 11.8 Å². The lowest BCUT2D eigenvalue weighted by atomic mass is 10.1. The van der Waals surface area contributed by atoms with Gasteiger partial charge < -0.3 is 15.1 Å². The molecule has 1 saturated heterocycles. The lowest BCUT2D eigenvalue weighted by Gasteiger charge is -2.32. The number of para-hydroxylation sites is 1. The highest BCUT2D eigenvalue weighted by Crippen LogP contribution is 2.37. The molecule has 0 radical (unpaired) electrons. The van der Waals surface area contributed by atoms with Crippen molar-refractivity contribution in [2.45, 2.75) is 0 Å². The molecule has 0 saturated carbocycles. The number of hydrogen-bond acceptors (Lipinski definition) is 4. The zero-order chi connectivity index (χ0) is 20.5. The van der Waals surface area contributed by atoms with Crippen LogP contribution in [-0.4, -0.2) is 54.8 Å². The normalized spacial score (nSPS) is 14.9. The second-order valence-corrected chi connectivity index (χ2v) is 8.85. The maximum atomic E-state index is 13.0. The second kappa shape index (κ2) is 8.32. The third kappa shape index (κ3) is 4.12. The average Bonchev–Trinajstić information content (AvgIpc) is 3.04. The van der Waals surface area contributed by atoms with Gasteiger partial charge in [-0.1, -0.05) is 41.4 Å². The van der Waals surface area contributed by atoms with Crippen LogP contribution >= 0.6 is 34.5 Å². The van der Waals surface area contributed by atoms with Crippen molar-refractivity contribution in [3.63, 3.8) is 0 Å². The number of hydrogen-bond donors (Lipinski definition) is 1. The topological polar surface area (TPSA) is 52.6 Å². The number of rotatable bonds is 3. The quantitative estimate of drug-likeness (QED) is 0.624. The van der Waals surface area contributed by atoms with E-state index in [9.17, 15) is 9.59 Å². The molecule has 1 N–H and O–H groups in total. The molecule has 0 atom stereocenters. The van der Waals surface area contributed by atoms with Crippen LogP contribution in [0.2, 0.25) is 10.0 Å². The summed E-state index contributed by atoms with van der Waals surface area (Å²) in [7, 11) is 2.04. The molecule has 29 heavy (non-hydrogen) atoms. The third-order valence-electron chi connectivity index (χ3n) is 4.99. The molecule has 0 unspecified atom stereocenters. The van der Waals surface area contributed by atoms with E-state index in [2.05, 4.69) is 10.2 Å². The first-order valence-corrected chi connectivity index (χ1v) is 10.8. The molecule has 2 aromatic carbocycles. The van der Waals surface area contributed by atoms with Gasteiger partial charge in [-0.05, 0) is 31.3 Å². The number of piperazine rings is 1. The predicted molar refractivity (Wildman–Crippen MR) is 120 cm³/mol. The summed E-state index contributed by atoms with van der Waals surface area (Å²) < 4.78 is 0.842. The van der Waals surface area contributed by atoms with Crippen molar-refractivity contribution in [3.05, 3.63) is 63.0 Å². The molecule has 0 bridgehead atoms. The molecular weight excluding hydrogens is 429 g/mol. The SMILES string of the molecule is CN1CCN(C(=O)c2ccccc2NC(=O)c2sc3cc(Cl)ccc3c2Cl)CC1. The Labute approximate surface area is 182 Å². The number of benzene rings is 2. The molecular formula is C21H19Cl2N3O2S. The zero-order valence-electron chi connectivity index (χ0n) is 15.7. The lowest BCUT2D eigenvalue weighted by molar-refractivity contribution is 0.0665. The van der Waals surface area contributed by atoms with Crippen LogP contribution in [0.15, 0.2) is 42.5 Å². The summed E-state index contributed by atoms with van der Waals surface area (Å²) >= 11 is 13.8. The molecule has 1 aromatic heterocycles. The molecule has 5 nitrogen and oxygen atoms in total. The highest BCUT2D eigenvalue weighted by atomic mass is 35.5. The van der Waals surface area contributed by atoms with Crippen molar-refractivity contribution in [1.82, 2.24) is 9.80 Å². The van der Waals surface area contributed by atoms with Gasteiger partial charge in [0, 0.05) is 41.3 Å². The van der Waals surface area contributed by atoms with Crippen molar-refractivity contribution in [2.24, 2.45) is 0 Å². The molecule has 150 valence electrons. The molecule has 0 spiro atoms. The van der Waals surface area contributed by atoms with Crippen molar-refractivity contribution >= 4 is 62.1 Å². The number of likely N-dealkylation sites (N-methyl/N-ethyl adjacent to an activating group) is 1. The monoisotopic (exact) mass is 447 g/mol. The number of halogens is 2. The van der Waals surface area contributed by atoms with Gasteiger partial charge in [0.15, 0.2) is 0 Å². The van der Waals surface area contributed by atoms with Crippen molar-refractivity contribution in [3.8, 4) is 0 Å². The summed E-state index contributed by atoms with van der Waals surface area (Å²) in [5.74, 6) is -0.422. The number of nitrogens with one attached hydrogen (secondary N) is 1. The van der Waals surface area contributed by atoms with E-state index in [1.165, 1.54) is 11.3 Å². The summed E-state index contributed by atoms with van der Waals surface area (Å²) in [6.45, 7) is 3.00. The fraction of sp³-hybridized carbons (Fsp3) is 0.238. The predicted octanol–water partition coefficient (Wildman–Crippen LogP) is 4.85. The summed E-state index contributed by atoms with van der Waals surface area (Å²) in [6, 6.07) is 12.4. The molecule has 4 rings (SSSR count). The van der Waals surface area contributed by atoms with E-state index in [0.29, 0.717) is 39.3 Å². The Hall–Kier alpha value is -2.12. The van der Waals surface area contributed by atoms with Crippen molar-refractivity contribution < 1.29 is 9.59 Å². The molecule has 1 fully saturated rings. The standard InChI is InChI=1S/C21H19Cl2N3O2S/c1-25-8-10-26(11-9-25)21(28)14-4-2-3-5-16(14)24-20(27)19-18(23)15-7-6-13(22)12-17(15)29-19/h2-7,12H,8-11H2,1H3,(H,24,27). The van der Waals surface area contributed by atoms with Gasteiger partial charge in [0.2, 0.25) is 0 Å². The van der Waals surface area contributed by atoms with E-state index in [4.69, 9.17) is 23.2 Å². The summed E-state index contributed by atoms with van der Waals surface area (Å²) in [5, 5.41) is 4.63. The van der Waals surface area contributed by atoms with Crippen LogP contribution in [-0.2, 0) is 0 Å². The summed E-state index contributed by atoms with van der Waals surface area (Å²) in [6.07, 6.45) is 0. The van der Waals surface area contributed by atoms with Gasteiger partial charge in [-0.15, -0.1) is 11.3 Å². The molecule has 2 heterocycles. The number of thiophene rings is 1. The Morgan fingerprint density at radius 2 is 1.76 bits per heavy atom. The van der Waals surface area contributed by atoms with E-state index in [0.717, 1.165) is 23.2 Å². The molecule has 8 heteroatoms. The molecule has 1 aliphatic heterocycles. The first-order valence-electron chi connectivity index (χ1n) is 9.20. The minimum absolute atomic E-state index is 0.0804. The average molecular weight is 448 g/mol. The van der Waals surface area contributed by atoms with Gasteiger partial charge in [-0.3, -0.25) is 9.59 Å². The summed E-state index contributed by atoms with van der Waals surface area (Å²) in [5.41, 5.74) is 0.957. The van der Waals surface area contributed by atoms with Crippen LogP contribution in [0.3, 0.4) is 0 Å². The maximum Gasteiger partial charge on any atom is 0.267 e. The van der Waals surface area contributed by atoms with Crippen molar-refractivity contribution in [1.29, 1.82) is 0 Å². The minimum Gasteiger partial charge on any atom is -0.336 e. The van der Waals surface area contributed by atoms with Crippen LogP contribution in [0.4, 0.5) is 5.69 Å². The van der Waals surface area contributed by atoms with E-state index < -0.39 is 0 Å². The van der Waals surface area contributed by atoms with Crippen molar-refractivity contribution in [2.75, 3.05) is 38.5 Å². The lowest BCUT2D eigenvalue weighted by Crippen LogP contribution is -2.47. The Morgan fingerprint density at radius 1 is 1.03 bits per heavy atom. The van der Waals surface area contributed by atoms with Gasteiger partial charge in [0.1, 0.15) is 4.88 Å². The number of carbonyl (C=O) groups excluding carboxylic acids is 2. The molecule has 1 aliphatic rings. The van der Waals surface area contributed by atoms with Gasteiger partial charge in [-0.25, -0.2) is 0 Å². The Morgan fingerprint density at radius 3 is 2.52 bits per heavy atom. The van der Waals surface area contributed by atoms with Crippen LogP contribution < -0.4 is 5.32 Å². The van der Waals surface area contributed by atoms with Crippen LogP contribution in [0.25, 0.3) is 10.1 Å². The first-order chi connectivity index (χ1) is 13.9. The van der Waals surface area contributed by atoms with Crippen LogP contribution in [0, 0.1) is 0 Å².